The van der Waals surface area contributed by atoms with E-state index in [-0.39, 0.29) is 12.7 Å². The average Bonchev–Trinajstić information content (AvgIpc) is 2.76. The zero-order chi connectivity index (χ0) is 22.5. The Hall–Kier alpha value is -2.56. The van der Waals surface area contributed by atoms with Gasteiger partial charge in [-0.25, -0.2) is 4.79 Å². The summed E-state index contributed by atoms with van der Waals surface area (Å²) >= 11 is 0. The molecule has 0 spiro atoms. The molecule has 0 aromatic heterocycles. The zero-order valence-corrected chi connectivity index (χ0v) is 19.2. The second kappa shape index (κ2) is 10.2. The molecule has 0 saturated heterocycles. The van der Waals surface area contributed by atoms with Gasteiger partial charge in [0.1, 0.15) is 11.9 Å². The van der Waals surface area contributed by atoms with Crippen LogP contribution in [0.4, 0.5) is 0 Å². The number of esters is 2. The lowest BCUT2D eigenvalue weighted by Gasteiger charge is -2.36. The van der Waals surface area contributed by atoms with E-state index in [9.17, 15) is 9.59 Å². The second-order valence-electron chi connectivity index (χ2n) is 9.16. The Morgan fingerprint density at radius 1 is 1.03 bits per heavy atom. The fourth-order valence-corrected chi connectivity index (χ4v) is 4.48. The van der Waals surface area contributed by atoms with Gasteiger partial charge in [-0.1, -0.05) is 51.5 Å². The van der Waals surface area contributed by atoms with Gasteiger partial charge in [0.25, 0.3) is 0 Å². The van der Waals surface area contributed by atoms with Gasteiger partial charge >= 0.3 is 11.9 Å². The Morgan fingerprint density at radius 2 is 1.74 bits per heavy atom. The molecule has 0 radical (unpaired) electrons. The predicted molar refractivity (Wildman–Crippen MR) is 121 cm³/mol. The summed E-state index contributed by atoms with van der Waals surface area (Å²) in [7, 11) is 1.64. The smallest absolute Gasteiger partial charge is 0.344 e. The van der Waals surface area contributed by atoms with Crippen LogP contribution in [0.1, 0.15) is 58.4 Å². The van der Waals surface area contributed by atoms with Crippen LogP contribution in [-0.4, -0.2) is 31.8 Å². The Morgan fingerprint density at radius 3 is 2.45 bits per heavy atom. The number of ether oxygens (including phenoxy) is 3. The zero-order valence-electron chi connectivity index (χ0n) is 19.2. The van der Waals surface area contributed by atoms with E-state index in [1.807, 2.05) is 36.4 Å². The van der Waals surface area contributed by atoms with Gasteiger partial charge in [0, 0.05) is 0 Å². The Kier molecular flexibility index (Phi) is 7.58. The van der Waals surface area contributed by atoms with E-state index in [1.54, 1.807) is 14.0 Å². The number of carbonyl (C=O) groups excluding carboxylic acids is 2. The molecule has 168 valence electrons. The molecule has 1 fully saturated rings. The molecule has 0 bridgehead atoms. The first-order chi connectivity index (χ1) is 14.8. The summed E-state index contributed by atoms with van der Waals surface area (Å²) in [6, 6.07) is 11.6. The Balaban J connectivity index is 1.57. The lowest BCUT2D eigenvalue weighted by Crippen LogP contribution is -2.37. The number of benzene rings is 2. The first-order valence-corrected chi connectivity index (χ1v) is 11.2. The van der Waals surface area contributed by atoms with Crippen LogP contribution in [0.25, 0.3) is 10.8 Å². The Bertz CT molecular complexity index is 919. The lowest BCUT2D eigenvalue weighted by molar-refractivity contribution is -0.167. The van der Waals surface area contributed by atoms with E-state index in [0.717, 1.165) is 34.9 Å². The minimum absolute atomic E-state index is 0.0927. The van der Waals surface area contributed by atoms with Crippen LogP contribution in [0.3, 0.4) is 0 Å². The van der Waals surface area contributed by atoms with Gasteiger partial charge < -0.3 is 14.2 Å². The van der Waals surface area contributed by atoms with Gasteiger partial charge in [0.15, 0.2) is 6.61 Å². The van der Waals surface area contributed by atoms with Crippen molar-refractivity contribution in [1.29, 1.82) is 0 Å². The Labute approximate surface area is 185 Å². The van der Waals surface area contributed by atoms with Crippen molar-refractivity contribution in [3.8, 4) is 5.75 Å². The predicted octanol–water partition coefficient (Wildman–Crippen LogP) is 5.50. The van der Waals surface area contributed by atoms with Crippen molar-refractivity contribution in [1.82, 2.24) is 0 Å². The highest BCUT2D eigenvalue weighted by molar-refractivity contribution is 5.87. The normalized spacial score (nSPS) is 22.2. The fourth-order valence-electron chi connectivity index (χ4n) is 4.48. The van der Waals surface area contributed by atoms with Crippen LogP contribution in [0.2, 0.25) is 0 Å². The summed E-state index contributed by atoms with van der Waals surface area (Å²) in [4.78, 5) is 24.9. The number of carbonyl (C=O) groups is 2. The SMILES string of the molecule is COc1ccc2cc([C@H](C)C(=O)OCC(=O)O[C@@H]3C[C@H](C)CC[C@@H]3C(C)C)ccc2c1. The third-order valence-electron chi connectivity index (χ3n) is 6.50. The first-order valence-electron chi connectivity index (χ1n) is 11.2. The lowest BCUT2D eigenvalue weighted by atomic mass is 9.75. The molecule has 31 heavy (non-hydrogen) atoms. The maximum absolute atomic E-state index is 12.6. The standard InChI is InChI=1S/C26H34O5/c1-16(2)23-11-6-17(3)12-24(23)31-25(27)15-30-26(28)18(4)19-7-8-21-14-22(29-5)10-9-20(21)13-19/h7-10,13-14,16-18,23-24H,6,11-12,15H2,1-5H3/t17-,18+,23-,24-/m1/s1. The first kappa shape index (κ1) is 23.1. The van der Waals surface area contributed by atoms with Crippen LogP contribution in [0.5, 0.6) is 5.75 Å². The van der Waals surface area contributed by atoms with Gasteiger partial charge in [0.2, 0.25) is 0 Å². The summed E-state index contributed by atoms with van der Waals surface area (Å²) in [6.07, 6.45) is 3.02. The van der Waals surface area contributed by atoms with Crippen LogP contribution in [0.15, 0.2) is 36.4 Å². The molecular weight excluding hydrogens is 392 g/mol. The van der Waals surface area contributed by atoms with Crippen LogP contribution in [-0.2, 0) is 19.1 Å². The highest BCUT2D eigenvalue weighted by Crippen LogP contribution is 2.35. The summed E-state index contributed by atoms with van der Waals surface area (Å²) in [6.45, 7) is 7.98. The molecule has 1 aliphatic rings. The van der Waals surface area contributed by atoms with Crippen molar-refractivity contribution in [3.05, 3.63) is 42.0 Å². The summed E-state index contributed by atoms with van der Waals surface area (Å²) in [5.41, 5.74) is 0.844. The van der Waals surface area contributed by atoms with E-state index >= 15 is 0 Å². The topological polar surface area (TPSA) is 61.8 Å². The number of hydrogen-bond acceptors (Lipinski definition) is 5. The van der Waals surface area contributed by atoms with E-state index in [4.69, 9.17) is 14.2 Å². The molecular formula is C26H34O5. The number of methoxy groups -OCH3 is 1. The van der Waals surface area contributed by atoms with Crippen molar-refractivity contribution in [2.45, 2.75) is 59.0 Å². The van der Waals surface area contributed by atoms with Crippen molar-refractivity contribution in [2.75, 3.05) is 13.7 Å². The molecule has 0 N–H and O–H groups in total. The average molecular weight is 427 g/mol. The summed E-state index contributed by atoms with van der Waals surface area (Å²) in [5, 5.41) is 2.05. The van der Waals surface area contributed by atoms with Gasteiger partial charge in [-0.2, -0.15) is 0 Å². The van der Waals surface area contributed by atoms with Crippen molar-refractivity contribution in [3.63, 3.8) is 0 Å². The number of fused-ring (bicyclic) bond motifs is 1. The van der Waals surface area contributed by atoms with E-state index < -0.39 is 17.9 Å². The molecule has 0 heterocycles. The molecule has 5 heteroatoms. The van der Waals surface area contributed by atoms with Crippen LogP contribution >= 0.6 is 0 Å². The van der Waals surface area contributed by atoms with Crippen molar-refractivity contribution >= 4 is 22.7 Å². The largest absolute Gasteiger partial charge is 0.497 e. The van der Waals surface area contributed by atoms with Gasteiger partial charge in [-0.05, 0) is 66.0 Å². The monoisotopic (exact) mass is 426 g/mol. The third kappa shape index (κ3) is 5.78. The van der Waals surface area contributed by atoms with Crippen molar-refractivity contribution in [2.24, 2.45) is 17.8 Å². The maximum Gasteiger partial charge on any atom is 0.344 e. The number of hydrogen-bond donors (Lipinski definition) is 0. The molecule has 4 atom stereocenters. The van der Waals surface area contributed by atoms with E-state index in [2.05, 4.69) is 20.8 Å². The van der Waals surface area contributed by atoms with Crippen LogP contribution < -0.4 is 4.74 Å². The third-order valence-corrected chi connectivity index (χ3v) is 6.50. The molecule has 2 aromatic rings. The highest BCUT2D eigenvalue weighted by atomic mass is 16.6. The van der Waals surface area contributed by atoms with E-state index in [0.29, 0.717) is 17.8 Å². The van der Waals surface area contributed by atoms with Gasteiger partial charge in [-0.15, -0.1) is 0 Å². The quantitative estimate of drug-likeness (QED) is 0.547. The highest BCUT2D eigenvalue weighted by Gasteiger charge is 2.33. The van der Waals surface area contributed by atoms with Crippen molar-refractivity contribution < 1.29 is 23.8 Å². The molecule has 0 unspecified atom stereocenters. The van der Waals surface area contributed by atoms with Gasteiger partial charge in [0.05, 0.1) is 13.0 Å². The molecule has 1 aliphatic carbocycles. The molecule has 1 saturated carbocycles. The summed E-state index contributed by atoms with van der Waals surface area (Å²) in [5.74, 6) is 0.795. The minimum Gasteiger partial charge on any atom is -0.497 e. The fraction of sp³-hybridized carbons (Fsp3) is 0.538. The second-order valence-corrected chi connectivity index (χ2v) is 9.16. The minimum atomic E-state index is -0.475. The van der Waals surface area contributed by atoms with Crippen LogP contribution in [0, 0.1) is 17.8 Å². The molecule has 2 aromatic carbocycles. The number of rotatable bonds is 7. The van der Waals surface area contributed by atoms with Gasteiger partial charge in [-0.3, -0.25) is 4.79 Å². The molecule has 3 rings (SSSR count). The molecule has 5 nitrogen and oxygen atoms in total. The molecule has 0 amide bonds. The summed E-state index contributed by atoms with van der Waals surface area (Å²) < 4.78 is 16.3. The maximum atomic E-state index is 12.6. The van der Waals surface area contributed by atoms with E-state index in [1.165, 1.54) is 6.42 Å². The molecule has 0 aliphatic heterocycles.